The van der Waals surface area contributed by atoms with Crippen LogP contribution in [0, 0.1) is 11.8 Å². The van der Waals surface area contributed by atoms with Gasteiger partial charge in [0.05, 0.1) is 0 Å². The van der Waals surface area contributed by atoms with E-state index in [1.165, 1.54) is 32.1 Å². The molecule has 0 aliphatic heterocycles. The summed E-state index contributed by atoms with van der Waals surface area (Å²) in [5.41, 5.74) is 5.98. The maximum Gasteiger partial charge on any atom is 0.0141 e. The smallest absolute Gasteiger partial charge is 0.0141 e. The molecule has 2 N–H and O–H groups in total. The normalized spacial score (nSPS) is 30.2. The van der Waals surface area contributed by atoms with Crippen LogP contribution in [0.25, 0.3) is 0 Å². The molecule has 0 aromatic rings. The zero-order valence-electron chi connectivity index (χ0n) is 12.3. The second-order valence-electron chi connectivity index (χ2n) is 5.96. The molecule has 1 rings (SSSR count). The lowest BCUT2D eigenvalue weighted by atomic mass is 9.75. The highest BCUT2D eigenvalue weighted by atomic mass is 15.2. The molecule has 3 unspecified atom stereocenters. The van der Waals surface area contributed by atoms with Crippen LogP contribution in [0.15, 0.2) is 0 Å². The molecule has 0 saturated heterocycles. The average molecular weight is 240 g/mol. The Kier molecular flexibility index (Phi) is 6.50. The van der Waals surface area contributed by atoms with E-state index in [4.69, 9.17) is 5.73 Å². The fourth-order valence-electron chi connectivity index (χ4n) is 3.63. The van der Waals surface area contributed by atoms with Crippen LogP contribution in [0.4, 0.5) is 0 Å². The van der Waals surface area contributed by atoms with Crippen molar-refractivity contribution in [2.75, 3.05) is 13.1 Å². The Morgan fingerprint density at radius 2 is 1.94 bits per heavy atom. The van der Waals surface area contributed by atoms with Crippen LogP contribution in [0.2, 0.25) is 0 Å². The third-order valence-electron chi connectivity index (χ3n) is 4.52. The fourth-order valence-corrected chi connectivity index (χ4v) is 3.63. The van der Waals surface area contributed by atoms with Gasteiger partial charge in [-0.3, -0.25) is 4.90 Å². The molecule has 102 valence electrons. The Hall–Kier alpha value is -0.0800. The van der Waals surface area contributed by atoms with E-state index in [1.54, 1.807) is 0 Å². The van der Waals surface area contributed by atoms with Crippen LogP contribution in [0.5, 0.6) is 0 Å². The van der Waals surface area contributed by atoms with Gasteiger partial charge >= 0.3 is 0 Å². The molecule has 2 nitrogen and oxygen atoms in total. The second-order valence-corrected chi connectivity index (χ2v) is 5.96. The van der Waals surface area contributed by atoms with E-state index < -0.39 is 0 Å². The van der Waals surface area contributed by atoms with Gasteiger partial charge in [-0.2, -0.15) is 0 Å². The van der Waals surface area contributed by atoms with E-state index in [0.717, 1.165) is 31.0 Å². The van der Waals surface area contributed by atoms with Crippen LogP contribution in [0.3, 0.4) is 0 Å². The Morgan fingerprint density at radius 1 is 1.24 bits per heavy atom. The number of nitrogens with zero attached hydrogens (tertiary/aromatic N) is 1. The molecule has 1 aliphatic carbocycles. The summed E-state index contributed by atoms with van der Waals surface area (Å²) < 4.78 is 0. The molecule has 0 amide bonds. The molecule has 17 heavy (non-hydrogen) atoms. The molecule has 3 atom stereocenters. The highest BCUT2D eigenvalue weighted by Gasteiger charge is 2.33. The van der Waals surface area contributed by atoms with Crippen LogP contribution in [-0.4, -0.2) is 30.1 Å². The molecule has 1 aliphatic rings. The zero-order chi connectivity index (χ0) is 12.8. The van der Waals surface area contributed by atoms with Gasteiger partial charge in [0.25, 0.3) is 0 Å². The topological polar surface area (TPSA) is 29.3 Å². The van der Waals surface area contributed by atoms with Crippen molar-refractivity contribution in [1.82, 2.24) is 4.90 Å². The van der Waals surface area contributed by atoms with Crippen molar-refractivity contribution in [3.63, 3.8) is 0 Å². The van der Waals surface area contributed by atoms with Gasteiger partial charge in [-0.05, 0) is 51.6 Å². The van der Waals surface area contributed by atoms with E-state index in [1.807, 2.05) is 0 Å². The SMILES string of the molecule is CCCC1CCC(CN)C(N(CC)C(C)C)C1. The van der Waals surface area contributed by atoms with Crippen molar-refractivity contribution in [3.05, 3.63) is 0 Å². The highest BCUT2D eigenvalue weighted by Crippen LogP contribution is 2.34. The first kappa shape index (κ1) is 15.0. The minimum atomic E-state index is 0.652. The third kappa shape index (κ3) is 3.96. The molecule has 1 fully saturated rings. The van der Waals surface area contributed by atoms with Crippen molar-refractivity contribution < 1.29 is 0 Å². The summed E-state index contributed by atoms with van der Waals surface area (Å²) in [6, 6.07) is 1.38. The Labute approximate surface area is 108 Å². The molecule has 0 spiro atoms. The average Bonchev–Trinajstić information content (AvgIpc) is 2.30. The highest BCUT2D eigenvalue weighted by molar-refractivity contribution is 4.88. The summed E-state index contributed by atoms with van der Waals surface area (Å²) in [5.74, 6) is 1.67. The van der Waals surface area contributed by atoms with E-state index in [9.17, 15) is 0 Å². The van der Waals surface area contributed by atoms with Gasteiger partial charge in [-0.15, -0.1) is 0 Å². The van der Waals surface area contributed by atoms with Crippen LogP contribution < -0.4 is 5.73 Å². The summed E-state index contributed by atoms with van der Waals surface area (Å²) in [5, 5.41) is 0. The van der Waals surface area contributed by atoms with Gasteiger partial charge in [0.1, 0.15) is 0 Å². The van der Waals surface area contributed by atoms with E-state index >= 15 is 0 Å². The van der Waals surface area contributed by atoms with Gasteiger partial charge < -0.3 is 5.73 Å². The van der Waals surface area contributed by atoms with Gasteiger partial charge in [-0.1, -0.05) is 33.1 Å². The number of hydrogen-bond acceptors (Lipinski definition) is 2. The Balaban J connectivity index is 2.67. The Bertz CT molecular complexity index is 203. The predicted molar refractivity (Wildman–Crippen MR) is 76.1 cm³/mol. The molecule has 0 bridgehead atoms. The summed E-state index contributed by atoms with van der Waals surface area (Å²) in [6.07, 6.45) is 6.86. The largest absolute Gasteiger partial charge is 0.330 e. The lowest BCUT2D eigenvalue weighted by Gasteiger charge is -2.44. The Morgan fingerprint density at radius 3 is 2.41 bits per heavy atom. The van der Waals surface area contributed by atoms with Crippen molar-refractivity contribution in [3.8, 4) is 0 Å². The maximum absolute atomic E-state index is 5.98. The van der Waals surface area contributed by atoms with E-state index in [0.29, 0.717) is 6.04 Å². The van der Waals surface area contributed by atoms with E-state index in [2.05, 4.69) is 32.6 Å². The number of nitrogens with two attached hydrogens (primary N) is 1. The van der Waals surface area contributed by atoms with Gasteiger partial charge in [0, 0.05) is 12.1 Å². The lowest BCUT2D eigenvalue weighted by molar-refractivity contribution is 0.0600. The van der Waals surface area contributed by atoms with Gasteiger partial charge in [-0.25, -0.2) is 0 Å². The quantitative estimate of drug-likeness (QED) is 0.772. The summed E-state index contributed by atoms with van der Waals surface area (Å²) in [7, 11) is 0. The second kappa shape index (κ2) is 7.38. The summed E-state index contributed by atoms with van der Waals surface area (Å²) >= 11 is 0. The van der Waals surface area contributed by atoms with Gasteiger partial charge in [0.2, 0.25) is 0 Å². The minimum absolute atomic E-state index is 0.652. The third-order valence-corrected chi connectivity index (χ3v) is 4.52. The molecular weight excluding hydrogens is 208 g/mol. The molecule has 0 aromatic carbocycles. The molecule has 2 heteroatoms. The molecular formula is C15H32N2. The number of rotatable bonds is 6. The summed E-state index contributed by atoms with van der Waals surface area (Å²) in [4.78, 5) is 2.67. The van der Waals surface area contributed by atoms with Crippen molar-refractivity contribution in [2.45, 2.75) is 71.9 Å². The maximum atomic E-state index is 5.98. The first-order valence-electron chi connectivity index (χ1n) is 7.59. The van der Waals surface area contributed by atoms with Crippen LogP contribution in [-0.2, 0) is 0 Å². The molecule has 1 saturated carbocycles. The van der Waals surface area contributed by atoms with Gasteiger partial charge in [0.15, 0.2) is 0 Å². The zero-order valence-corrected chi connectivity index (χ0v) is 12.3. The monoisotopic (exact) mass is 240 g/mol. The first-order valence-corrected chi connectivity index (χ1v) is 7.59. The van der Waals surface area contributed by atoms with E-state index in [-0.39, 0.29) is 0 Å². The number of hydrogen-bond donors (Lipinski definition) is 1. The predicted octanol–water partition coefficient (Wildman–Crippen LogP) is 3.26. The van der Waals surface area contributed by atoms with Crippen LogP contribution >= 0.6 is 0 Å². The molecule has 0 radical (unpaired) electrons. The standard InChI is InChI=1S/C15H32N2/c1-5-7-13-8-9-14(11-16)15(10-13)17(6-2)12(3)4/h12-15H,5-11,16H2,1-4H3. The van der Waals surface area contributed by atoms with Crippen LogP contribution in [0.1, 0.15) is 59.8 Å². The lowest BCUT2D eigenvalue weighted by Crippen LogP contribution is -2.49. The molecule has 0 aromatic heterocycles. The first-order chi connectivity index (χ1) is 8.13. The van der Waals surface area contributed by atoms with Crippen molar-refractivity contribution in [2.24, 2.45) is 17.6 Å². The summed E-state index contributed by atoms with van der Waals surface area (Å²) in [6.45, 7) is 11.3. The fraction of sp³-hybridized carbons (Fsp3) is 1.00. The van der Waals surface area contributed by atoms with Crippen molar-refractivity contribution >= 4 is 0 Å². The minimum Gasteiger partial charge on any atom is -0.330 e. The van der Waals surface area contributed by atoms with Crippen molar-refractivity contribution in [1.29, 1.82) is 0 Å². The molecule has 0 heterocycles.